The number of rotatable bonds is 7. The fraction of sp³-hybridized carbons (Fsp3) is 0.269. The molecule has 0 unspecified atom stereocenters. The number of pyridine rings is 1. The zero-order valence-corrected chi connectivity index (χ0v) is 18.6. The average molecular weight is 415 g/mol. The van der Waals surface area contributed by atoms with Crippen LogP contribution in [0.2, 0.25) is 0 Å². The molecule has 0 aliphatic heterocycles. The SMILES string of the molecule is CCC(C)(C)N(NCc1ccccc1)c1c2ccc(N)cc2nc2ccc(OC)cc12. The van der Waals surface area contributed by atoms with E-state index < -0.39 is 0 Å². The highest BCUT2D eigenvalue weighted by Gasteiger charge is 2.29. The van der Waals surface area contributed by atoms with Gasteiger partial charge in [-0.1, -0.05) is 37.3 Å². The second-order valence-corrected chi connectivity index (χ2v) is 8.44. The summed E-state index contributed by atoms with van der Waals surface area (Å²) in [5, 5.41) is 4.39. The molecule has 0 atom stereocenters. The summed E-state index contributed by atoms with van der Waals surface area (Å²) >= 11 is 0. The first-order chi connectivity index (χ1) is 14.9. The molecule has 0 saturated carbocycles. The second kappa shape index (κ2) is 8.44. The summed E-state index contributed by atoms with van der Waals surface area (Å²) in [5.74, 6) is 0.808. The van der Waals surface area contributed by atoms with E-state index >= 15 is 0 Å². The molecular formula is C26H30N4O. The Morgan fingerprint density at radius 1 is 0.968 bits per heavy atom. The molecule has 1 heterocycles. The molecule has 0 radical (unpaired) electrons. The Labute approximate surface area is 183 Å². The maximum absolute atomic E-state index is 6.10. The molecule has 0 saturated heterocycles. The zero-order valence-electron chi connectivity index (χ0n) is 18.6. The van der Waals surface area contributed by atoms with Crippen LogP contribution in [-0.2, 0) is 6.54 Å². The fourth-order valence-corrected chi connectivity index (χ4v) is 3.81. The van der Waals surface area contributed by atoms with Gasteiger partial charge in [0, 0.05) is 23.0 Å². The van der Waals surface area contributed by atoms with E-state index in [2.05, 4.69) is 67.6 Å². The normalized spacial score (nSPS) is 11.7. The van der Waals surface area contributed by atoms with E-state index in [-0.39, 0.29) is 5.54 Å². The Balaban J connectivity index is 1.96. The van der Waals surface area contributed by atoms with E-state index in [9.17, 15) is 0 Å². The van der Waals surface area contributed by atoms with Gasteiger partial charge in [-0.2, -0.15) is 0 Å². The van der Waals surface area contributed by atoms with E-state index in [0.29, 0.717) is 12.2 Å². The number of hydrogen-bond acceptors (Lipinski definition) is 5. The monoisotopic (exact) mass is 414 g/mol. The second-order valence-electron chi connectivity index (χ2n) is 8.44. The molecule has 0 aliphatic rings. The first kappa shape index (κ1) is 20.9. The molecular weight excluding hydrogens is 384 g/mol. The number of nitrogens with one attached hydrogen (secondary N) is 1. The van der Waals surface area contributed by atoms with Gasteiger partial charge in [-0.05, 0) is 62.2 Å². The highest BCUT2D eigenvalue weighted by Crippen LogP contribution is 2.39. The largest absolute Gasteiger partial charge is 0.497 e. The number of nitrogens with two attached hydrogens (primary N) is 1. The zero-order chi connectivity index (χ0) is 22.0. The maximum atomic E-state index is 6.10. The summed E-state index contributed by atoms with van der Waals surface area (Å²) in [6, 6.07) is 22.4. The maximum Gasteiger partial charge on any atom is 0.119 e. The van der Waals surface area contributed by atoms with E-state index in [4.69, 9.17) is 15.5 Å². The van der Waals surface area contributed by atoms with Crippen LogP contribution < -0.4 is 20.9 Å². The lowest BCUT2D eigenvalue weighted by Crippen LogP contribution is -2.52. The highest BCUT2D eigenvalue weighted by molar-refractivity contribution is 6.08. The van der Waals surface area contributed by atoms with Gasteiger partial charge in [0.2, 0.25) is 0 Å². The Morgan fingerprint density at radius 2 is 1.74 bits per heavy atom. The van der Waals surface area contributed by atoms with Crippen molar-refractivity contribution >= 4 is 33.2 Å². The molecule has 0 amide bonds. The van der Waals surface area contributed by atoms with Crippen LogP contribution in [0, 0.1) is 0 Å². The minimum atomic E-state index is -0.152. The van der Waals surface area contributed by atoms with Crippen molar-refractivity contribution in [3.8, 4) is 5.75 Å². The number of ether oxygens (including phenoxy) is 1. The number of nitrogens with zero attached hydrogens (tertiary/aromatic N) is 2. The first-order valence-corrected chi connectivity index (χ1v) is 10.7. The fourth-order valence-electron chi connectivity index (χ4n) is 3.81. The Hall–Kier alpha value is -3.31. The number of benzene rings is 3. The van der Waals surface area contributed by atoms with Crippen LogP contribution in [0.1, 0.15) is 32.8 Å². The molecule has 3 aromatic carbocycles. The van der Waals surface area contributed by atoms with Gasteiger partial charge in [0.05, 0.1) is 29.4 Å². The topological polar surface area (TPSA) is 63.4 Å². The van der Waals surface area contributed by atoms with Crippen molar-refractivity contribution < 1.29 is 4.74 Å². The van der Waals surface area contributed by atoms with Crippen LogP contribution in [0.15, 0.2) is 66.7 Å². The lowest BCUT2D eigenvalue weighted by Gasteiger charge is -2.41. The molecule has 5 nitrogen and oxygen atoms in total. The Bertz CT molecular complexity index is 1200. The summed E-state index contributed by atoms with van der Waals surface area (Å²) in [6.07, 6.45) is 0.957. The average Bonchev–Trinajstić information content (AvgIpc) is 2.78. The van der Waals surface area contributed by atoms with Crippen molar-refractivity contribution in [2.24, 2.45) is 0 Å². The van der Waals surface area contributed by atoms with Crippen molar-refractivity contribution in [1.82, 2.24) is 10.4 Å². The van der Waals surface area contributed by atoms with Gasteiger partial charge >= 0.3 is 0 Å². The summed E-state index contributed by atoms with van der Waals surface area (Å²) < 4.78 is 5.54. The third-order valence-corrected chi connectivity index (χ3v) is 5.95. The molecule has 3 N–H and O–H groups in total. The number of fused-ring (bicyclic) bond motifs is 2. The molecule has 4 aromatic rings. The van der Waals surface area contributed by atoms with Crippen LogP contribution in [0.3, 0.4) is 0 Å². The number of methoxy groups -OCH3 is 1. The summed E-state index contributed by atoms with van der Waals surface area (Å²) in [6.45, 7) is 7.43. The van der Waals surface area contributed by atoms with Crippen molar-refractivity contribution in [1.29, 1.82) is 0 Å². The van der Waals surface area contributed by atoms with Gasteiger partial charge in [0.25, 0.3) is 0 Å². The number of hydrogen-bond donors (Lipinski definition) is 2. The van der Waals surface area contributed by atoms with Gasteiger partial charge in [0.15, 0.2) is 0 Å². The van der Waals surface area contributed by atoms with Gasteiger partial charge in [0.1, 0.15) is 5.75 Å². The van der Waals surface area contributed by atoms with Crippen LogP contribution in [-0.4, -0.2) is 17.6 Å². The van der Waals surface area contributed by atoms with Gasteiger partial charge in [-0.15, -0.1) is 0 Å². The lowest BCUT2D eigenvalue weighted by atomic mass is 9.97. The number of hydrazine groups is 1. The van der Waals surface area contributed by atoms with E-state index in [1.807, 2.05) is 30.3 Å². The van der Waals surface area contributed by atoms with Crippen LogP contribution >= 0.6 is 0 Å². The molecule has 0 spiro atoms. The van der Waals surface area contributed by atoms with Crippen molar-refractivity contribution in [3.63, 3.8) is 0 Å². The molecule has 0 bridgehead atoms. The quantitative estimate of drug-likeness (QED) is 0.231. The van der Waals surface area contributed by atoms with Crippen LogP contribution in [0.25, 0.3) is 21.8 Å². The Morgan fingerprint density at radius 3 is 2.45 bits per heavy atom. The first-order valence-electron chi connectivity index (χ1n) is 10.7. The number of nitrogen functional groups attached to an aromatic ring is 1. The minimum absolute atomic E-state index is 0.152. The third-order valence-electron chi connectivity index (χ3n) is 5.95. The van der Waals surface area contributed by atoms with Gasteiger partial charge in [-0.25, -0.2) is 10.4 Å². The predicted octanol–water partition coefficient (Wildman–Crippen LogP) is 5.68. The van der Waals surface area contributed by atoms with E-state index in [1.54, 1.807) is 7.11 Å². The summed E-state index contributed by atoms with van der Waals surface area (Å²) in [4.78, 5) is 4.89. The molecule has 4 rings (SSSR count). The van der Waals surface area contributed by atoms with E-state index in [0.717, 1.165) is 39.7 Å². The molecule has 1 aromatic heterocycles. The smallest absolute Gasteiger partial charge is 0.119 e. The number of aromatic nitrogens is 1. The Kier molecular flexibility index (Phi) is 5.70. The summed E-state index contributed by atoms with van der Waals surface area (Å²) in [5.41, 5.74) is 14.5. The molecule has 160 valence electrons. The predicted molar refractivity (Wildman–Crippen MR) is 130 cm³/mol. The molecule has 0 fully saturated rings. The van der Waals surface area contributed by atoms with Gasteiger partial charge < -0.3 is 15.5 Å². The summed E-state index contributed by atoms with van der Waals surface area (Å²) in [7, 11) is 1.69. The minimum Gasteiger partial charge on any atom is -0.497 e. The molecule has 5 heteroatoms. The van der Waals surface area contributed by atoms with Crippen LogP contribution in [0.4, 0.5) is 11.4 Å². The lowest BCUT2D eigenvalue weighted by molar-refractivity contribution is 0.395. The third kappa shape index (κ3) is 4.14. The number of anilines is 2. The molecule has 31 heavy (non-hydrogen) atoms. The highest BCUT2D eigenvalue weighted by atomic mass is 16.5. The van der Waals surface area contributed by atoms with Crippen molar-refractivity contribution in [3.05, 3.63) is 72.3 Å². The van der Waals surface area contributed by atoms with Crippen molar-refractivity contribution in [2.75, 3.05) is 17.9 Å². The molecule has 0 aliphatic carbocycles. The van der Waals surface area contributed by atoms with E-state index in [1.165, 1.54) is 5.56 Å². The van der Waals surface area contributed by atoms with Crippen molar-refractivity contribution in [2.45, 2.75) is 39.3 Å². The van der Waals surface area contributed by atoms with Crippen LogP contribution in [0.5, 0.6) is 5.75 Å². The standard InChI is InChI=1S/C26H30N4O/c1-5-26(2,3)30(28-17-18-9-7-6-8-10-18)25-21-13-11-19(27)15-24(21)29-23-14-12-20(31-4)16-22(23)25/h6-16,28H,5,17,27H2,1-4H3. The van der Waals surface area contributed by atoms with Gasteiger partial charge in [-0.3, -0.25) is 0 Å².